The molecule has 0 radical (unpaired) electrons. The van der Waals surface area contributed by atoms with Crippen LogP contribution in [0.15, 0.2) is 24.3 Å². The Labute approximate surface area is 117 Å². The van der Waals surface area contributed by atoms with Gasteiger partial charge in [0, 0.05) is 12.3 Å². The van der Waals surface area contributed by atoms with Crippen molar-refractivity contribution < 1.29 is 14.7 Å². The molecule has 4 nitrogen and oxygen atoms in total. The molecule has 0 aliphatic rings. The van der Waals surface area contributed by atoms with E-state index in [2.05, 4.69) is 12.2 Å². The van der Waals surface area contributed by atoms with Gasteiger partial charge in [0.25, 0.3) is 0 Å². The summed E-state index contributed by atoms with van der Waals surface area (Å²) in [5.74, 6) is -0.154. The van der Waals surface area contributed by atoms with Crippen molar-refractivity contribution in [2.45, 2.75) is 19.8 Å². The summed E-state index contributed by atoms with van der Waals surface area (Å²) in [4.78, 5) is 22.0. The molecule has 0 heterocycles. The predicted octanol–water partition coefficient (Wildman–Crippen LogP) is 1.73. The number of hydrogen-bond acceptors (Lipinski definition) is 3. The van der Waals surface area contributed by atoms with Crippen molar-refractivity contribution in [2.75, 3.05) is 18.1 Å². The van der Waals surface area contributed by atoms with Crippen molar-refractivity contribution in [3.05, 3.63) is 35.4 Å². The average molecular weight is 281 g/mol. The van der Waals surface area contributed by atoms with Gasteiger partial charge in [-0.05, 0) is 17.5 Å². The molecule has 1 aromatic rings. The van der Waals surface area contributed by atoms with Gasteiger partial charge in [0.2, 0.25) is 5.91 Å². The van der Waals surface area contributed by atoms with Gasteiger partial charge in [0.1, 0.15) is 0 Å². The molecule has 5 heteroatoms. The van der Waals surface area contributed by atoms with Crippen LogP contribution < -0.4 is 5.32 Å². The molecule has 0 bridgehead atoms. The number of carbonyl (C=O) groups excluding carboxylic acids is 1. The second-order valence-corrected chi connectivity index (χ2v) is 5.25. The summed E-state index contributed by atoms with van der Waals surface area (Å²) in [5.41, 5.74) is 2.23. The third-order valence-corrected chi connectivity index (χ3v) is 3.50. The molecule has 1 amide bonds. The van der Waals surface area contributed by atoms with E-state index in [1.807, 2.05) is 24.3 Å². The molecule has 1 rings (SSSR count). The molecule has 1 aromatic carbocycles. The SMILES string of the molecule is CCc1cccc(CC(=O)NCCSCC(=O)O)c1. The standard InChI is InChI=1S/C14H19NO3S/c1-2-11-4-3-5-12(8-11)9-13(16)15-6-7-19-10-14(17)18/h3-5,8H,2,6-7,9-10H2,1H3,(H,15,16)(H,17,18). The summed E-state index contributed by atoms with van der Waals surface area (Å²) >= 11 is 1.30. The first-order valence-corrected chi connectivity index (χ1v) is 7.41. The molecule has 0 unspecified atom stereocenters. The summed E-state index contributed by atoms with van der Waals surface area (Å²) in [7, 11) is 0. The van der Waals surface area contributed by atoms with E-state index in [-0.39, 0.29) is 11.7 Å². The van der Waals surface area contributed by atoms with E-state index >= 15 is 0 Å². The number of carboxylic acids is 1. The maximum Gasteiger partial charge on any atom is 0.313 e. The zero-order valence-electron chi connectivity index (χ0n) is 11.0. The van der Waals surface area contributed by atoms with Gasteiger partial charge in [-0.2, -0.15) is 0 Å². The maximum atomic E-state index is 11.7. The fourth-order valence-corrected chi connectivity index (χ4v) is 2.19. The minimum absolute atomic E-state index is 0.0239. The summed E-state index contributed by atoms with van der Waals surface area (Å²) in [6.45, 7) is 2.59. The van der Waals surface area contributed by atoms with Gasteiger partial charge in [-0.25, -0.2) is 0 Å². The molecule has 0 aromatic heterocycles. The van der Waals surface area contributed by atoms with Gasteiger partial charge in [0.05, 0.1) is 12.2 Å². The molecule has 0 saturated heterocycles. The Morgan fingerprint density at radius 2 is 2.05 bits per heavy atom. The molecule has 0 saturated carbocycles. The highest BCUT2D eigenvalue weighted by Crippen LogP contribution is 2.06. The van der Waals surface area contributed by atoms with Crippen LogP contribution in [0.2, 0.25) is 0 Å². The molecule has 0 atom stereocenters. The van der Waals surface area contributed by atoms with E-state index in [0.29, 0.717) is 18.7 Å². The van der Waals surface area contributed by atoms with E-state index in [1.54, 1.807) is 0 Å². The Balaban J connectivity index is 2.25. The lowest BCUT2D eigenvalue weighted by Crippen LogP contribution is -2.27. The van der Waals surface area contributed by atoms with Crippen molar-refractivity contribution in [1.29, 1.82) is 0 Å². The molecule has 0 aliphatic carbocycles. The van der Waals surface area contributed by atoms with E-state index < -0.39 is 5.97 Å². The molecule has 0 aliphatic heterocycles. The Kier molecular flexibility index (Phi) is 7.03. The zero-order chi connectivity index (χ0) is 14.1. The number of aryl methyl sites for hydroxylation is 1. The number of aliphatic carboxylic acids is 1. The molecule has 19 heavy (non-hydrogen) atoms. The number of nitrogens with one attached hydrogen (secondary N) is 1. The zero-order valence-corrected chi connectivity index (χ0v) is 11.8. The van der Waals surface area contributed by atoms with Crippen molar-refractivity contribution in [3.8, 4) is 0 Å². The van der Waals surface area contributed by atoms with Crippen LogP contribution in [0, 0.1) is 0 Å². The van der Waals surface area contributed by atoms with Gasteiger partial charge in [-0.3, -0.25) is 9.59 Å². The number of thioether (sulfide) groups is 1. The largest absolute Gasteiger partial charge is 0.481 e. The summed E-state index contributed by atoms with van der Waals surface area (Å²) in [6.07, 6.45) is 1.33. The normalized spacial score (nSPS) is 10.2. The van der Waals surface area contributed by atoms with Crippen LogP contribution in [-0.4, -0.2) is 35.0 Å². The van der Waals surface area contributed by atoms with Crippen LogP contribution in [0.25, 0.3) is 0 Å². The fraction of sp³-hybridized carbons (Fsp3) is 0.429. The third-order valence-electron chi connectivity index (χ3n) is 2.56. The number of carbonyl (C=O) groups is 2. The predicted molar refractivity (Wildman–Crippen MR) is 77.5 cm³/mol. The Bertz CT molecular complexity index is 434. The molecule has 0 spiro atoms. The minimum atomic E-state index is -0.826. The van der Waals surface area contributed by atoms with Gasteiger partial charge in [0.15, 0.2) is 0 Å². The summed E-state index contributed by atoms with van der Waals surface area (Å²) in [6, 6.07) is 7.99. The van der Waals surface area contributed by atoms with Gasteiger partial charge in [-0.1, -0.05) is 31.2 Å². The van der Waals surface area contributed by atoms with Crippen LogP contribution in [-0.2, 0) is 22.4 Å². The smallest absolute Gasteiger partial charge is 0.313 e. The topological polar surface area (TPSA) is 66.4 Å². The molecule has 0 fully saturated rings. The van der Waals surface area contributed by atoms with Crippen molar-refractivity contribution in [1.82, 2.24) is 5.32 Å². The van der Waals surface area contributed by atoms with Gasteiger partial charge < -0.3 is 10.4 Å². The molecular formula is C14H19NO3S. The highest BCUT2D eigenvalue weighted by atomic mass is 32.2. The lowest BCUT2D eigenvalue weighted by Gasteiger charge is -2.06. The molecule has 2 N–H and O–H groups in total. The summed E-state index contributed by atoms with van der Waals surface area (Å²) in [5, 5.41) is 11.2. The summed E-state index contributed by atoms with van der Waals surface area (Å²) < 4.78 is 0. The fourth-order valence-electron chi connectivity index (χ4n) is 1.63. The van der Waals surface area contributed by atoms with E-state index in [4.69, 9.17) is 5.11 Å². The monoisotopic (exact) mass is 281 g/mol. The highest BCUT2D eigenvalue weighted by Gasteiger charge is 2.03. The van der Waals surface area contributed by atoms with Gasteiger partial charge >= 0.3 is 5.97 Å². The minimum Gasteiger partial charge on any atom is -0.481 e. The lowest BCUT2D eigenvalue weighted by molar-refractivity contribution is -0.133. The Morgan fingerprint density at radius 1 is 1.32 bits per heavy atom. The number of rotatable bonds is 8. The first kappa shape index (κ1) is 15.6. The Hall–Kier alpha value is -1.49. The third kappa shape index (κ3) is 6.86. The van der Waals surface area contributed by atoms with Crippen LogP contribution in [0.4, 0.5) is 0 Å². The molecular weight excluding hydrogens is 262 g/mol. The number of hydrogen-bond donors (Lipinski definition) is 2. The first-order chi connectivity index (χ1) is 9.11. The second-order valence-electron chi connectivity index (χ2n) is 4.15. The van der Waals surface area contributed by atoms with E-state index in [9.17, 15) is 9.59 Å². The van der Waals surface area contributed by atoms with Crippen LogP contribution in [0.3, 0.4) is 0 Å². The van der Waals surface area contributed by atoms with E-state index in [0.717, 1.165) is 12.0 Å². The number of amides is 1. The lowest BCUT2D eigenvalue weighted by atomic mass is 10.1. The van der Waals surface area contributed by atoms with Crippen molar-refractivity contribution >= 4 is 23.6 Å². The Morgan fingerprint density at radius 3 is 2.74 bits per heavy atom. The van der Waals surface area contributed by atoms with Crippen molar-refractivity contribution in [2.24, 2.45) is 0 Å². The second kappa shape index (κ2) is 8.58. The van der Waals surface area contributed by atoms with E-state index in [1.165, 1.54) is 17.3 Å². The highest BCUT2D eigenvalue weighted by molar-refractivity contribution is 7.99. The van der Waals surface area contributed by atoms with Crippen molar-refractivity contribution in [3.63, 3.8) is 0 Å². The van der Waals surface area contributed by atoms with Gasteiger partial charge in [-0.15, -0.1) is 11.8 Å². The number of benzene rings is 1. The van der Waals surface area contributed by atoms with Crippen LogP contribution >= 0.6 is 11.8 Å². The average Bonchev–Trinajstić information content (AvgIpc) is 2.38. The first-order valence-electron chi connectivity index (χ1n) is 6.26. The van der Waals surface area contributed by atoms with Crippen LogP contribution in [0.1, 0.15) is 18.1 Å². The molecule has 104 valence electrons. The maximum absolute atomic E-state index is 11.7. The van der Waals surface area contributed by atoms with Crippen LogP contribution in [0.5, 0.6) is 0 Å². The quantitative estimate of drug-likeness (QED) is 0.712. The number of carboxylic acid groups (broad SMARTS) is 1.